The van der Waals surface area contributed by atoms with Crippen LogP contribution in [0.15, 0.2) is 65.4 Å². The quantitative estimate of drug-likeness (QED) is 0.102. The van der Waals surface area contributed by atoms with E-state index in [9.17, 15) is 59.4 Å². The van der Waals surface area contributed by atoms with Gasteiger partial charge in [-0.05, 0) is 65.0 Å². The highest BCUT2D eigenvalue weighted by Gasteiger charge is 2.67. The number of aliphatic hydroxyl groups excluding tert-OH is 3. The Morgan fingerprint density at radius 2 is 1.58 bits per heavy atom. The fraction of sp³-hybridized carbons (Fsp3) is 0.511. The first kappa shape index (κ1) is 48.4. The molecule has 8 atom stereocenters. The summed E-state index contributed by atoms with van der Waals surface area (Å²) in [7, 11) is 3.10. The van der Waals surface area contributed by atoms with Gasteiger partial charge in [-0.25, -0.2) is 4.79 Å². The van der Waals surface area contributed by atoms with Gasteiger partial charge in [0.2, 0.25) is 11.7 Å². The van der Waals surface area contributed by atoms with Crippen molar-refractivity contribution in [2.45, 2.75) is 66.6 Å². The van der Waals surface area contributed by atoms with Crippen molar-refractivity contribution in [3.8, 4) is 11.5 Å². The molecular formula is C45H56N6O14S. The van der Waals surface area contributed by atoms with Crippen LogP contribution in [0.2, 0.25) is 0 Å². The van der Waals surface area contributed by atoms with Crippen LogP contribution >= 0.6 is 11.8 Å². The van der Waals surface area contributed by atoms with Gasteiger partial charge in [0.15, 0.2) is 18.0 Å². The van der Waals surface area contributed by atoms with Crippen molar-refractivity contribution in [1.29, 1.82) is 0 Å². The van der Waals surface area contributed by atoms with Gasteiger partial charge in [0.25, 0.3) is 11.8 Å². The Balaban J connectivity index is 0.000000228. The maximum absolute atomic E-state index is 14.1. The number of aliphatic hydroxyl groups is 5. The van der Waals surface area contributed by atoms with Crippen molar-refractivity contribution < 1.29 is 69.2 Å². The van der Waals surface area contributed by atoms with Crippen molar-refractivity contribution in [2.75, 3.05) is 66.7 Å². The van der Waals surface area contributed by atoms with Gasteiger partial charge in [0, 0.05) is 54.9 Å². The Bertz CT molecular complexity index is 2370. The van der Waals surface area contributed by atoms with E-state index in [-0.39, 0.29) is 54.5 Å². The molecule has 0 spiro atoms. The lowest BCUT2D eigenvalue weighted by molar-refractivity contribution is -0.161. The summed E-state index contributed by atoms with van der Waals surface area (Å²) in [6.45, 7) is 7.97. The number of carboxylic acid groups (broad SMARTS) is 1. The Kier molecular flexibility index (Phi) is 13.4. The number of aliphatic carboxylic acids is 1. The van der Waals surface area contributed by atoms with Crippen LogP contribution in [0.5, 0.6) is 11.5 Å². The molecule has 3 heterocycles. The number of amides is 3. The van der Waals surface area contributed by atoms with Gasteiger partial charge < -0.3 is 56.0 Å². The topological polar surface area (TPSA) is 290 Å². The number of ether oxygens (including phenoxy) is 1. The Morgan fingerprint density at radius 1 is 0.924 bits per heavy atom. The number of benzene rings is 2. The van der Waals surface area contributed by atoms with Crippen molar-refractivity contribution >= 4 is 52.8 Å². The zero-order valence-corrected chi connectivity index (χ0v) is 37.9. The second-order valence-corrected chi connectivity index (χ2v) is 20.0. The van der Waals surface area contributed by atoms with E-state index in [1.54, 1.807) is 52.2 Å². The SMILES string of the molecule is CC1(C)S[C@@H]2[C@H](NC(=O)COc3ccccc3)C(=O)N2[C@H]1C(=O)O.CN(C)[C@@H]1C(=O)C(C(=O)NCN2CCN(CCO)CC2)=C(O)[C@@]2(O)C(=O)C3=C(O)c4c(O)cccc4[C@@](C)(O)[C@H]3C[C@@H]12. The average Bonchev–Trinajstić information content (AvgIpc) is 3.53. The summed E-state index contributed by atoms with van der Waals surface area (Å²) in [4.78, 5) is 83.8. The summed E-state index contributed by atoms with van der Waals surface area (Å²) in [5.74, 6) is -8.62. The predicted molar refractivity (Wildman–Crippen MR) is 237 cm³/mol. The number of β-amino-alcohol motifs (C(OH)–C–C–N with tert-alkyl or cyclic N) is 1. The summed E-state index contributed by atoms with van der Waals surface area (Å²) in [5.41, 5.74) is -5.68. The second-order valence-electron chi connectivity index (χ2n) is 18.2. The van der Waals surface area contributed by atoms with Crippen LogP contribution in [0.1, 0.15) is 38.3 Å². The minimum atomic E-state index is -2.76. The minimum absolute atomic E-state index is 0.0442. The van der Waals surface area contributed by atoms with Crippen LogP contribution < -0.4 is 15.4 Å². The number of nitrogens with zero attached hydrogens (tertiary/aromatic N) is 4. The van der Waals surface area contributed by atoms with Crippen molar-refractivity contribution in [3.63, 3.8) is 0 Å². The first-order valence-electron chi connectivity index (χ1n) is 21.5. The van der Waals surface area contributed by atoms with Crippen molar-refractivity contribution in [2.24, 2.45) is 11.8 Å². The van der Waals surface area contributed by atoms with E-state index < -0.39 is 97.9 Å². The van der Waals surface area contributed by atoms with E-state index in [1.165, 1.54) is 46.7 Å². The van der Waals surface area contributed by atoms with E-state index >= 15 is 0 Å². The molecule has 4 fully saturated rings. The highest BCUT2D eigenvalue weighted by Crippen LogP contribution is 2.57. The molecule has 2 aromatic rings. The Labute approximate surface area is 384 Å². The van der Waals surface area contributed by atoms with Gasteiger partial charge in [0.05, 0.1) is 30.5 Å². The van der Waals surface area contributed by atoms with E-state index in [0.29, 0.717) is 38.5 Å². The molecule has 3 aliphatic heterocycles. The molecule has 3 aliphatic carbocycles. The number of phenolic OH excluding ortho intramolecular Hbond substituents is 1. The van der Waals surface area contributed by atoms with E-state index in [2.05, 4.69) is 15.5 Å². The third kappa shape index (κ3) is 8.30. The number of carboxylic acids is 1. The number of para-hydroxylation sites is 1. The second kappa shape index (κ2) is 18.3. The van der Waals surface area contributed by atoms with Crippen LogP contribution in [-0.4, -0.2) is 191 Å². The maximum atomic E-state index is 14.1. The van der Waals surface area contributed by atoms with Gasteiger partial charge in [-0.1, -0.05) is 30.3 Å². The molecule has 66 heavy (non-hydrogen) atoms. The van der Waals surface area contributed by atoms with Gasteiger partial charge in [-0.2, -0.15) is 0 Å². The van der Waals surface area contributed by atoms with E-state index in [1.807, 2.05) is 11.0 Å². The number of ketones is 2. The minimum Gasteiger partial charge on any atom is -0.508 e. The monoisotopic (exact) mass is 936 g/mol. The number of thioether (sulfide) groups is 1. The largest absolute Gasteiger partial charge is 0.508 e. The molecule has 3 amide bonds. The zero-order chi connectivity index (χ0) is 48.2. The molecule has 8 rings (SSSR count). The fourth-order valence-electron chi connectivity index (χ4n) is 10.1. The van der Waals surface area contributed by atoms with Crippen LogP contribution in [0.25, 0.3) is 5.76 Å². The summed E-state index contributed by atoms with van der Waals surface area (Å²) in [5, 5.41) is 80.1. The highest BCUT2D eigenvalue weighted by atomic mass is 32.2. The molecule has 6 aliphatic rings. The Morgan fingerprint density at radius 3 is 2.20 bits per heavy atom. The number of piperazine rings is 1. The van der Waals surface area contributed by atoms with Crippen LogP contribution in [0.3, 0.4) is 0 Å². The number of hydrogen-bond donors (Lipinski definition) is 9. The lowest BCUT2D eigenvalue weighted by Gasteiger charge is -2.53. The predicted octanol–water partition coefficient (Wildman–Crippen LogP) is -0.476. The van der Waals surface area contributed by atoms with Crippen LogP contribution in [0.4, 0.5) is 0 Å². The number of likely N-dealkylation sites (N-methyl/N-ethyl adjacent to an activating group) is 1. The molecule has 21 heteroatoms. The van der Waals surface area contributed by atoms with Gasteiger partial charge in [-0.3, -0.25) is 38.7 Å². The fourth-order valence-corrected chi connectivity index (χ4v) is 11.7. The third-order valence-electron chi connectivity index (χ3n) is 13.5. The first-order valence-corrected chi connectivity index (χ1v) is 22.4. The molecule has 0 radical (unpaired) electrons. The summed E-state index contributed by atoms with van der Waals surface area (Å²) in [6.07, 6.45) is -0.199. The lowest BCUT2D eigenvalue weighted by atomic mass is 9.54. The summed E-state index contributed by atoms with van der Waals surface area (Å²) in [6, 6.07) is 10.4. The average molecular weight is 937 g/mol. The summed E-state index contributed by atoms with van der Waals surface area (Å²) >= 11 is 1.39. The van der Waals surface area contributed by atoms with Crippen LogP contribution in [-0.2, 0) is 34.4 Å². The number of β-lactam (4-membered cyclic amide) rings is 1. The molecule has 0 unspecified atom stereocenters. The van der Waals surface area contributed by atoms with Crippen molar-refractivity contribution in [1.82, 2.24) is 30.2 Å². The van der Waals surface area contributed by atoms with E-state index in [0.717, 1.165) is 0 Å². The van der Waals surface area contributed by atoms with Crippen molar-refractivity contribution in [3.05, 3.63) is 76.6 Å². The number of aromatic hydroxyl groups is 1. The first-order chi connectivity index (χ1) is 31.1. The lowest BCUT2D eigenvalue weighted by Crippen LogP contribution is -2.70. The molecule has 9 N–H and O–H groups in total. The Hall–Kier alpha value is -5.55. The molecule has 1 saturated carbocycles. The number of fused-ring (bicyclic) bond motifs is 4. The summed E-state index contributed by atoms with van der Waals surface area (Å²) < 4.78 is 4.74. The third-order valence-corrected chi connectivity index (χ3v) is 15.0. The molecule has 20 nitrogen and oxygen atoms in total. The van der Waals surface area contributed by atoms with Gasteiger partial charge in [-0.15, -0.1) is 11.8 Å². The van der Waals surface area contributed by atoms with Crippen LogP contribution in [0, 0.1) is 11.8 Å². The van der Waals surface area contributed by atoms with E-state index in [4.69, 9.17) is 9.84 Å². The molecule has 2 aromatic carbocycles. The number of nitrogens with one attached hydrogen (secondary N) is 2. The molecule has 3 saturated heterocycles. The smallest absolute Gasteiger partial charge is 0.327 e. The number of Topliss-reactive ketones (excluding diaryl/α,β-unsaturated/α-hetero) is 2. The molecule has 356 valence electrons. The molecule has 0 bridgehead atoms. The number of carbonyl (C=O) groups excluding carboxylic acids is 5. The van der Waals surface area contributed by atoms with Gasteiger partial charge in [0.1, 0.15) is 46.0 Å². The normalized spacial score (nSPS) is 30.3. The zero-order valence-electron chi connectivity index (χ0n) is 37.1. The number of phenols is 1. The number of rotatable bonds is 11. The van der Waals surface area contributed by atoms with Gasteiger partial charge >= 0.3 is 5.97 Å². The highest BCUT2D eigenvalue weighted by molar-refractivity contribution is 8.01. The number of hydrogen-bond acceptors (Lipinski definition) is 17. The molecular weight excluding hydrogens is 881 g/mol. The standard InChI is InChI=1S/C29H38N4O9.C16H18N2O5S/c1-28(41)15-5-4-6-18(35)19(15)23(36)20-16(28)13-17-22(31(2)3)24(37)21(26(39)29(17,42)25(20)38)27(40)30-14-33-9-7-32(8-10-33)11-12-34;1-16(2)12(15(21)22)18-13(20)11(14(18)24-16)17-10(19)8-23-9-6-4-3-5-7-9/h4-6,16-17,22,34-36,39,41-42H,7-14H2,1-3H3,(H,30,40);3-7,11-12,14H,8H2,1-2H3,(H,17,19)(H,21,22)/t16-,17-,22-,28+,29-;11-,12+,14-/m01/s1. The molecule has 0 aromatic heterocycles. The maximum Gasteiger partial charge on any atom is 0.327 e. The number of carbonyl (C=O) groups is 6.